The standard InChI is InChI=1S/C23H25N3O/c1-17(2)19-9-12-21(13-10-19)25-22-14-11-20(15-24-22)23(27)26(3)16-18-7-5-4-6-8-18/h4-15,17H,16H2,1-3H3,(H,24,25). The van der Waals surface area contributed by atoms with Gasteiger partial charge in [0.05, 0.1) is 5.56 Å². The molecule has 0 unspecified atom stereocenters. The number of anilines is 2. The third-order valence-electron chi connectivity index (χ3n) is 4.47. The van der Waals surface area contributed by atoms with Crippen LogP contribution in [0.15, 0.2) is 72.9 Å². The van der Waals surface area contributed by atoms with E-state index in [0.717, 1.165) is 17.1 Å². The molecular formula is C23H25N3O. The van der Waals surface area contributed by atoms with Gasteiger partial charge in [-0.05, 0) is 41.3 Å². The van der Waals surface area contributed by atoms with E-state index >= 15 is 0 Å². The molecule has 138 valence electrons. The second-order valence-corrected chi connectivity index (χ2v) is 6.98. The molecule has 0 bridgehead atoms. The predicted molar refractivity (Wildman–Crippen MR) is 110 cm³/mol. The fourth-order valence-corrected chi connectivity index (χ4v) is 2.84. The van der Waals surface area contributed by atoms with Crippen molar-refractivity contribution in [3.63, 3.8) is 0 Å². The number of hydrogen-bond donors (Lipinski definition) is 1. The minimum Gasteiger partial charge on any atom is -0.340 e. The smallest absolute Gasteiger partial charge is 0.255 e. The Kier molecular flexibility index (Phi) is 5.87. The number of hydrogen-bond acceptors (Lipinski definition) is 3. The van der Waals surface area contributed by atoms with Crippen LogP contribution >= 0.6 is 0 Å². The van der Waals surface area contributed by atoms with E-state index in [2.05, 4.69) is 36.3 Å². The van der Waals surface area contributed by atoms with Crippen molar-refractivity contribution < 1.29 is 4.79 Å². The summed E-state index contributed by atoms with van der Waals surface area (Å²) >= 11 is 0. The first kappa shape index (κ1) is 18.6. The Labute approximate surface area is 160 Å². The Balaban J connectivity index is 1.63. The zero-order chi connectivity index (χ0) is 19.2. The van der Waals surface area contributed by atoms with Gasteiger partial charge in [0.15, 0.2) is 0 Å². The highest BCUT2D eigenvalue weighted by Gasteiger charge is 2.12. The predicted octanol–water partition coefficient (Wildman–Crippen LogP) is 5.22. The summed E-state index contributed by atoms with van der Waals surface area (Å²) in [5.41, 5.74) is 3.96. The average Bonchev–Trinajstić information content (AvgIpc) is 2.69. The number of rotatable bonds is 6. The molecule has 0 saturated heterocycles. The van der Waals surface area contributed by atoms with Crippen molar-refractivity contribution in [3.05, 3.63) is 89.6 Å². The Morgan fingerprint density at radius 2 is 1.70 bits per heavy atom. The lowest BCUT2D eigenvalue weighted by Gasteiger charge is -2.17. The van der Waals surface area contributed by atoms with Crippen LogP contribution in [-0.4, -0.2) is 22.8 Å². The third kappa shape index (κ3) is 4.94. The van der Waals surface area contributed by atoms with Gasteiger partial charge in [-0.15, -0.1) is 0 Å². The molecule has 1 heterocycles. The molecule has 27 heavy (non-hydrogen) atoms. The van der Waals surface area contributed by atoms with Gasteiger partial charge in [-0.2, -0.15) is 0 Å². The summed E-state index contributed by atoms with van der Waals surface area (Å²) in [6.45, 7) is 4.92. The maximum Gasteiger partial charge on any atom is 0.255 e. The molecule has 0 radical (unpaired) electrons. The van der Waals surface area contributed by atoms with Crippen molar-refractivity contribution >= 4 is 17.4 Å². The van der Waals surface area contributed by atoms with Gasteiger partial charge in [0.2, 0.25) is 0 Å². The first-order chi connectivity index (χ1) is 13.0. The quantitative estimate of drug-likeness (QED) is 0.656. The van der Waals surface area contributed by atoms with E-state index in [-0.39, 0.29) is 5.91 Å². The summed E-state index contributed by atoms with van der Waals surface area (Å²) in [7, 11) is 1.80. The zero-order valence-electron chi connectivity index (χ0n) is 16.0. The van der Waals surface area contributed by atoms with E-state index < -0.39 is 0 Å². The summed E-state index contributed by atoms with van der Waals surface area (Å²) in [4.78, 5) is 18.7. The summed E-state index contributed by atoms with van der Waals surface area (Å²) in [5, 5.41) is 3.27. The van der Waals surface area contributed by atoms with E-state index in [1.807, 2.05) is 54.6 Å². The van der Waals surface area contributed by atoms with Crippen molar-refractivity contribution in [3.8, 4) is 0 Å². The van der Waals surface area contributed by atoms with Gasteiger partial charge in [-0.25, -0.2) is 4.98 Å². The van der Waals surface area contributed by atoms with Crippen molar-refractivity contribution in [2.75, 3.05) is 12.4 Å². The van der Waals surface area contributed by atoms with Crippen LogP contribution in [0.3, 0.4) is 0 Å². The van der Waals surface area contributed by atoms with Crippen molar-refractivity contribution in [1.29, 1.82) is 0 Å². The maximum atomic E-state index is 12.6. The summed E-state index contributed by atoms with van der Waals surface area (Å²) in [5.74, 6) is 1.18. The SMILES string of the molecule is CC(C)c1ccc(Nc2ccc(C(=O)N(C)Cc3ccccc3)cn2)cc1. The van der Waals surface area contributed by atoms with Crippen molar-refractivity contribution in [2.24, 2.45) is 0 Å². The minimum atomic E-state index is -0.0424. The molecule has 1 aromatic heterocycles. The lowest BCUT2D eigenvalue weighted by atomic mass is 10.0. The molecule has 4 heteroatoms. The normalized spacial score (nSPS) is 10.7. The molecule has 3 rings (SSSR count). The lowest BCUT2D eigenvalue weighted by molar-refractivity contribution is 0.0784. The highest BCUT2D eigenvalue weighted by Crippen LogP contribution is 2.20. The number of aromatic nitrogens is 1. The van der Waals surface area contributed by atoms with Crippen LogP contribution in [0.1, 0.15) is 41.3 Å². The van der Waals surface area contributed by atoms with E-state index in [4.69, 9.17) is 0 Å². The van der Waals surface area contributed by atoms with Crippen LogP contribution in [0.25, 0.3) is 0 Å². The molecule has 0 aliphatic carbocycles. The molecular weight excluding hydrogens is 334 g/mol. The molecule has 0 atom stereocenters. The van der Waals surface area contributed by atoms with Gasteiger partial charge in [0.25, 0.3) is 5.91 Å². The summed E-state index contributed by atoms with van der Waals surface area (Å²) in [6, 6.07) is 21.9. The largest absolute Gasteiger partial charge is 0.340 e. The van der Waals surface area contributed by atoms with Crippen LogP contribution < -0.4 is 5.32 Å². The van der Waals surface area contributed by atoms with Crippen LogP contribution in [0.5, 0.6) is 0 Å². The van der Waals surface area contributed by atoms with E-state index in [1.165, 1.54) is 5.56 Å². The molecule has 0 spiro atoms. The second-order valence-electron chi connectivity index (χ2n) is 6.98. The summed E-state index contributed by atoms with van der Waals surface area (Å²) < 4.78 is 0. The molecule has 3 aromatic rings. The van der Waals surface area contributed by atoms with Crippen LogP contribution in [0, 0.1) is 0 Å². The van der Waals surface area contributed by atoms with E-state index in [1.54, 1.807) is 18.1 Å². The molecule has 0 saturated carbocycles. The summed E-state index contributed by atoms with van der Waals surface area (Å²) in [6.07, 6.45) is 1.62. The van der Waals surface area contributed by atoms with Gasteiger partial charge in [-0.1, -0.05) is 56.3 Å². The molecule has 0 aliphatic heterocycles. The molecule has 0 fully saturated rings. The average molecular weight is 359 g/mol. The van der Waals surface area contributed by atoms with Crippen LogP contribution in [0.2, 0.25) is 0 Å². The Morgan fingerprint density at radius 3 is 2.30 bits per heavy atom. The molecule has 4 nitrogen and oxygen atoms in total. The Morgan fingerprint density at radius 1 is 1.00 bits per heavy atom. The monoisotopic (exact) mass is 359 g/mol. The van der Waals surface area contributed by atoms with Gasteiger partial charge in [-0.3, -0.25) is 4.79 Å². The fraction of sp³-hybridized carbons (Fsp3) is 0.217. The van der Waals surface area contributed by atoms with Crippen LogP contribution in [0.4, 0.5) is 11.5 Å². The zero-order valence-corrected chi connectivity index (χ0v) is 16.0. The highest BCUT2D eigenvalue weighted by molar-refractivity contribution is 5.93. The van der Waals surface area contributed by atoms with E-state index in [9.17, 15) is 4.79 Å². The van der Waals surface area contributed by atoms with Crippen molar-refractivity contribution in [1.82, 2.24) is 9.88 Å². The lowest BCUT2D eigenvalue weighted by Crippen LogP contribution is -2.26. The Hall–Kier alpha value is -3.14. The van der Waals surface area contributed by atoms with E-state index in [0.29, 0.717) is 18.0 Å². The van der Waals surface area contributed by atoms with Gasteiger partial charge >= 0.3 is 0 Å². The second kappa shape index (κ2) is 8.49. The molecule has 1 amide bonds. The van der Waals surface area contributed by atoms with Gasteiger partial charge < -0.3 is 10.2 Å². The van der Waals surface area contributed by atoms with Crippen molar-refractivity contribution in [2.45, 2.75) is 26.3 Å². The van der Waals surface area contributed by atoms with Crippen LogP contribution in [-0.2, 0) is 6.54 Å². The highest BCUT2D eigenvalue weighted by atomic mass is 16.2. The molecule has 2 aromatic carbocycles. The van der Waals surface area contributed by atoms with Gasteiger partial charge in [0, 0.05) is 25.5 Å². The number of benzene rings is 2. The number of pyridine rings is 1. The molecule has 0 aliphatic rings. The number of amides is 1. The Bertz CT molecular complexity index is 872. The number of nitrogens with zero attached hydrogens (tertiary/aromatic N) is 2. The topological polar surface area (TPSA) is 45.2 Å². The number of nitrogens with one attached hydrogen (secondary N) is 1. The maximum absolute atomic E-state index is 12.6. The molecule has 1 N–H and O–H groups in total. The third-order valence-corrected chi connectivity index (χ3v) is 4.47. The number of carbonyl (C=O) groups excluding carboxylic acids is 1. The minimum absolute atomic E-state index is 0.0424. The number of carbonyl (C=O) groups is 1. The fourth-order valence-electron chi connectivity index (χ4n) is 2.84. The first-order valence-corrected chi connectivity index (χ1v) is 9.15. The first-order valence-electron chi connectivity index (χ1n) is 9.15. The van der Waals surface area contributed by atoms with Gasteiger partial charge in [0.1, 0.15) is 5.82 Å².